The summed E-state index contributed by atoms with van der Waals surface area (Å²) in [6.07, 6.45) is 0.828. The minimum absolute atomic E-state index is 0.672. The predicted octanol–water partition coefficient (Wildman–Crippen LogP) is 2.61. The summed E-state index contributed by atoms with van der Waals surface area (Å²) in [5.74, 6) is -0.839. The molecule has 4 nitrogen and oxygen atoms in total. The van der Waals surface area contributed by atoms with Crippen LogP contribution in [0.5, 0.6) is 0 Å². The Bertz CT molecular complexity index is 679. The molecule has 1 unspecified atom stereocenters. The molecule has 2 N–H and O–H groups in total. The Labute approximate surface area is 116 Å². The van der Waals surface area contributed by atoms with Gasteiger partial charge in [-0.25, -0.2) is 4.79 Å². The van der Waals surface area contributed by atoms with E-state index in [9.17, 15) is 9.90 Å². The number of carboxylic acids is 1. The van der Waals surface area contributed by atoms with Gasteiger partial charge in [0.15, 0.2) is 5.54 Å². The van der Waals surface area contributed by atoms with Crippen LogP contribution in [0.15, 0.2) is 18.2 Å². The van der Waals surface area contributed by atoms with Gasteiger partial charge < -0.3 is 10.1 Å². The summed E-state index contributed by atoms with van der Waals surface area (Å²) in [5, 5.41) is 11.3. The third kappa shape index (κ3) is 1.60. The number of aromatic amines is 1. The van der Waals surface area contributed by atoms with Crippen molar-refractivity contribution in [1.29, 1.82) is 0 Å². The average molecular weight is 279 g/mol. The summed E-state index contributed by atoms with van der Waals surface area (Å²) >= 11 is 6.04. The van der Waals surface area contributed by atoms with Crippen molar-refractivity contribution in [2.45, 2.75) is 18.9 Å². The Morgan fingerprint density at radius 1 is 1.53 bits per heavy atom. The van der Waals surface area contributed by atoms with Crippen LogP contribution in [-0.2, 0) is 16.8 Å². The molecule has 2 aromatic rings. The van der Waals surface area contributed by atoms with Crippen LogP contribution in [0.3, 0.4) is 0 Å². The summed E-state index contributed by atoms with van der Waals surface area (Å²) in [6.45, 7) is 2.46. The van der Waals surface area contributed by atoms with E-state index in [-0.39, 0.29) is 0 Å². The number of fused-ring (bicyclic) bond motifs is 3. The number of aromatic nitrogens is 1. The molecule has 0 amide bonds. The minimum Gasteiger partial charge on any atom is -0.480 e. The third-order valence-corrected chi connectivity index (χ3v) is 4.47. The lowest BCUT2D eigenvalue weighted by atomic mass is 9.87. The van der Waals surface area contributed by atoms with Gasteiger partial charge in [-0.3, -0.25) is 4.90 Å². The van der Waals surface area contributed by atoms with Gasteiger partial charge in [-0.15, -0.1) is 0 Å². The second kappa shape index (κ2) is 3.99. The largest absolute Gasteiger partial charge is 0.480 e. The second-order valence-electron chi connectivity index (χ2n) is 5.22. The average Bonchev–Trinajstić information content (AvgIpc) is 2.72. The molecule has 0 saturated carbocycles. The number of hydrogen-bond donors (Lipinski definition) is 2. The lowest BCUT2D eigenvalue weighted by Gasteiger charge is -2.38. The smallest absolute Gasteiger partial charge is 0.330 e. The van der Waals surface area contributed by atoms with E-state index in [1.54, 1.807) is 6.92 Å². The molecule has 0 fully saturated rings. The highest BCUT2D eigenvalue weighted by Gasteiger charge is 2.45. The normalized spacial score (nSPS) is 23.5. The number of carboxylic acid groups (broad SMARTS) is 1. The zero-order chi connectivity index (χ0) is 13.8. The van der Waals surface area contributed by atoms with Crippen LogP contribution in [0.1, 0.15) is 18.2 Å². The number of halogens is 1. The molecule has 0 spiro atoms. The molecule has 1 aromatic carbocycles. The molecule has 3 rings (SSSR count). The molecule has 100 valence electrons. The fourth-order valence-corrected chi connectivity index (χ4v) is 3.03. The molecular weight excluding hydrogens is 264 g/mol. The van der Waals surface area contributed by atoms with E-state index in [0.717, 1.165) is 35.1 Å². The van der Waals surface area contributed by atoms with E-state index in [0.29, 0.717) is 5.02 Å². The summed E-state index contributed by atoms with van der Waals surface area (Å²) in [4.78, 5) is 16.8. The second-order valence-corrected chi connectivity index (χ2v) is 5.65. The highest BCUT2D eigenvalue weighted by Crippen LogP contribution is 2.38. The number of rotatable bonds is 1. The van der Waals surface area contributed by atoms with Gasteiger partial charge in [0.2, 0.25) is 0 Å². The van der Waals surface area contributed by atoms with Gasteiger partial charge in [-0.05, 0) is 44.2 Å². The quantitative estimate of drug-likeness (QED) is 0.843. The van der Waals surface area contributed by atoms with Gasteiger partial charge in [-0.1, -0.05) is 11.6 Å². The Hall–Kier alpha value is -1.52. The van der Waals surface area contributed by atoms with Gasteiger partial charge in [0, 0.05) is 22.5 Å². The number of hydrogen-bond acceptors (Lipinski definition) is 2. The molecule has 1 aromatic heterocycles. The van der Waals surface area contributed by atoms with Crippen molar-refractivity contribution < 1.29 is 9.90 Å². The number of nitrogens with one attached hydrogen (secondary N) is 1. The maximum atomic E-state index is 11.7. The van der Waals surface area contributed by atoms with E-state index >= 15 is 0 Å². The molecular formula is C14H15ClN2O2. The maximum absolute atomic E-state index is 11.7. The monoisotopic (exact) mass is 278 g/mol. The molecule has 0 saturated heterocycles. The van der Waals surface area contributed by atoms with Gasteiger partial charge in [-0.2, -0.15) is 0 Å². The first kappa shape index (κ1) is 12.5. The van der Waals surface area contributed by atoms with Gasteiger partial charge in [0.25, 0.3) is 0 Å². The number of carbonyl (C=O) groups is 1. The number of likely N-dealkylation sites (N-methyl/N-ethyl adjacent to an activating group) is 1. The van der Waals surface area contributed by atoms with Crippen molar-refractivity contribution in [2.75, 3.05) is 13.6 Å². The highest BCUT2D eigenvalue weighted by atomic mass is 35.5. The van der Waals surface area contributed by atoms with Crippen molar-refractivity contribution >= 4 is 28.5 Å². The molecule has 5 heteroatoms. The Kier molecular flexibility index (Phi) is 2.62. The number of H-pyrrole nitrogens is 1. The Morgan fingerprint density at radius 3 is 2.95 bits per heavy atom. The van der Waals surface area contributed by atoms with Crippen molar-refractivity contribution in [3.8, 4) is 0 Å². The van der Waals surface area contributed by atoms with E-state index in [2.05, 4.69) is 4.98 Å². The maximum Gasteiger partial charge on any atom is 0.330 e. The Morgan fingerprint density at radius 2 is 2.26 bits per heavy atom. The summed E-state index contributed by atoms with van der Waals surface area (Å²) < 4.78 is 0. The van der Waals surface area contributed by atoms with Crippen molar-refractivity contribution in [3.63, 3.8) is 0 Å². The minimum atomic E-state index is -1.01. The van der Waals surface area contributed by atoms with E-state index < -0.39 is 11.5 Å². The van der Waals surface area contributed by atoms with Crippen LogP contribution in [-0.4, -0.2) is 34.6 Å². The Balaban J connectivity index is 2.33. The topological polar surface area (TPSA) is 56.3 Å². The van der Waals surface area contributed by atoms with Crippen LogP contribution in [0, 0.1) is 0 Å². The lowest BCUT2D eigenvalue weighted by molar-refractivity contribution is -0.151. The molecule has 2 heterocycles. The number of benzene rings is 1. The molecule has 0 bridgehead atoms. The molecule has 19 heavy (non-hydrogen) atoms. The van der Waals surface area contributed by atoms with Crippen LogP contribution in [0.2, 0.25) is 5.02 Å². The fourth-order valence-electron chi connectivity index (χ4n) is 2.86. The highest BCUT2D eigenvalue weighted by molar-refractivity contribution is 6.31. The zero-order valence-corrected chi connectivity index (χ0v) is 11.6. The number of nitrogens with zero attached hydrogens (tertiary/aromatic N) is 1. The summed E-state index contributed by atoms with van der Waals surface area (Å²) in [6, 6.07) is 5.62. The third-order valence-electron chi connectivity index (χ3n) is 4.23. The lowest BCUT2D eigenvalue weighted by Crippen LogP contribution is -2.51. The van der Waals surface area contributed by atoms with E-state index in [4.69, 9.17) is 11.6 Å². The first-order valence-corrected chi connectivity index (χ1v) is 6.57. The van der Waals surface area contributed by atoms with Gasteiger partial charge >= 0.3 is 5.97 Å². The van der Waals surface area contributed by atoms with E-state index in [1.807, 2.05) is 30.1 Å². The van der Waals surface area contributed by atoms with Crippen molar-refractivity contribution in [1.82, 2.24) is 9.88 Å². The van der Waals surface area contributed by atoms with Crippen LogP contribution >= 0.6 is 11.6 Å². The standard InChI is InChI=1S/C14H15ClN2O2/c1-14(13(18)19)12-9(5-6-17(14)2)10-7-8(15)3-4-11(10)16-12/h3-4,7,16H,5-6H2,1-2H3,(H,18,19). The van der Waals surface area contributed by atoms with Gasteiger partial charge in [0.05, 0.1) is 5.69 Å². The van der Waals surface area contributed by atoms with Crippen LogP contribution in [0.4, 0.5) is 0 Å². The van der Waals surface area contributed by atoms with Crippen LogP contribution < -0.4 is 0 Å². The van der Waals surface area contributed by atoms with Crippen molar-refractivity contribution in [2.24, 2.45) is 0 Å². The molecule has 1 atom stereocenters. The number of aliphatic carboxylic acids is 1. The van der Waals surface area contributed by atoms with E-state index in [1.165, 1.54) is 0 Å². The molecule has 1 aliphatic heterocycles. The van der Waals surface area contributed by atoms with Crippen LogP contribution in [0.25, 0.3) is 10.9 Å². The SMILES string of the molecule is CN1CCc2c([nH]c3ccc(Cl)cc23)C1(C)C(=O)O. The molecule has 1 aliphatic rings. The predicted molar refractivity (Wildman–Crippen MR) is 74.6 cm³/mol. The zero-order valence-electron chi connectivity index (χ0n) is 10.8. The molecule has 0 radical (unpaired) electrons. The first-order chi connectivity index (χ1) is 8.94. The summed E-state index contributed by atoms with van der Waals surface area (Å²) in [5.41, 5.74) is 1.77. The van der Waals surface area contributed by atoms with Gasteiger partial charge in [0.1, 0.15) is 0 Å². The fraction of sp³-hybridized carbons (Fsp3) is 0.357. The van der Waals surface area contributed by atoms with Crippen molar-refractivity contribution in [3.05, 3.63) is 34.5 Å². The first-order valence-electron chi connectivity index (χ1n) is 6.20. The summed E-state index contributed by atoms with van der Waals surface area (Å²) in [7, 11) is 1.84. The molecule has 0 aliphatic carbocycles.